The van der Waals surface area contributed by atoms with Crippen molar-refractivity contribution in [2.45, 2.75) is 11.1 Å². The zero-order chi connectivity index (χ0) is 15.0. The van der Waals surface area contributed by atoms with E-state index in [1.54, 1.807) is 30.3 Å². The molecule has 3 nitrogen and oxygen atoms in total. The molecule has 0 aliphatic carbocycles. The standard InChI is InChI=1S/C13H12F3NO2S/c1-17(9-13(14,15)16)20(18,19)12-8-4-6-10-5-2-3-7-11(10)12/h2-8H,9H2,1H3. The summed E-state index contributed by atoms with van der Waals surface area (Å²) in [7, 11) is -3.26. The first kappa shape index (κ1) is 14.8. The normalized spacial score (nSPS) is 13.1. The summed E-state index contributed by atoms with van der Waals surface area (Å²) in [6.45, 7) is -1.52. The first-order valence-electron chi connectivity index (χ1n) is 5.73. The van der Waals surface area contributed by atoms with Crippen LogP contribution in [0, 0.1) is 0 Å². The van der Waals surface area contributed by atoms with Crippen molar-refractivity contribution in [2.75, 3.05) is 13.6 Å². The van der Waals surface area contributed by atoms with Crippen LogP contribution in [0.15, 0.2) is 47.4 Å². The summed E-state index contributed by atoms with van der Waals surface area (Å²) >= 11 is 0. The van der Waals surface area contributed by atoms with Gasteiger partial charge in [-0.3, -0.25) is 0 Å². The number of halogens is 3. The van der Waals surface area contributed by atoms with Crippen LogP contribution in [0.2, 0.25) is 0 Å². The molecule has 7 heteroatoms. The lowest BCUT2D eigenvalue weighted by molar-refractivity contribution is -0.134. The van der Waals surface area contributed by atoms with Crippen LogP contribution in [0.25, 0.3) is 10.8 Å². The van der Waals surface area contributed by atoms with E-state index < -0.39 is 22.7 Å². The Morgan fingerprint density at radius 2 is 1.65 bits per heavy atom. The third-order valence-corrected chi connectivity index (χ3v) is 4.70. The summed E-state index contributed by atoms with van der Waals surface area (Å²) < 4.78 is 61.9. The molecule has 2 aromatic carbocycles. The molecule has 0 atom stereocenters. The van der Waals surface area contributed by atoms with Crippen LogP contribution in [0.3, 0.4) is 0 Å². The second kappa shape index (κ2) is 5.06. The largest absolute Gasteiger partial charge is 0.402 e. The Bertz CT molecular complexity index is 720. The van der Waals surface area contributed by atoms with E-state index in [0.717, 1.165) is 7.05 Å². The van der Waals surface area contributed by atoms with E-state index in [2.05, 4.69) is 0 Å². The highest BCUT2D eigenvalue weighted by atomic mass is 32.2. The zero-order valence-electron chi connectivity index (χ0n) is 10.6. The number of alkyl halides is 3. The van der Waals surface area contributed by atoms with E-state index in [9.17, 15) is 21.6 Å². The molecule has 0 aliphatic heterocycles. The molecule has 108 valence electrons. The average Bonchev–Trinajstić information content (AvgIpc) is 2.36. The maximum absolute atomic E-state index is 12.4. The van der Waals surface area contributed by atoms with Gasteiger partial charge in [0.25, 0.3) is 0 Å². The Labute approximate surface area is 114 Å². The molecular weight excluding hydrogens is 291 g/mol. The second-order valence-electron chi connectivity index (χ2n) is 4.35. The fourth-order valence-electron chi connectivity index (χ4n) is 1.93. The molecule has 0 bridgehead atoms. The first-order valence-corrected chi connectivity index (χ1v) is 7.17. The van der Waals surface area contributed by atoms with Crippen LogP contribution in [-0.2, 0) is 10.0 Å². The van der Waals surface area contributed by atoms with Gasteiger partial charge in [0.1, 0.15) is 6.54 Å². The van der Waals surface area contributed by atoms with Gasteiger partial charge >= 0.3 is 6.18 Å². The number of hydrogen-bond donors (Lipinski definition) is 0. The van der Waals surface area contributed by atoms with Gasteiger partial charge in [-0.15, -0.1) is 0 Å². The number of hydrogen-bond acceptors (Lipinski definition) is 2. The molecule has 0 saturated carbocycles. The molecule has 0 amide bonds. The SMILES string of the molecule is CN(CC(F)(F)F)S(=O)(=O)c1cccc2ccccc12. The van der Waals surface area contributed by atoms with E-state index in [4.69, 9.17) is 0 Å². The van der Waals surface area contributed by atoms with Gasteiger partial charge in [0.15, 0.2) is 0 Å². The van der Waals surface area contributed by atoms with Gasteiger partial charge in [-0.05, 0) is 11.5 Å². The first-order chi connectivity index (χ1) is 9.22. The average molecular weight is 303 g/mol. The van der Waals surface area contributed by atoms with Crippen LogP contribution in [0.5, 0.6) is 0 Å². The van der Waals surface area contributed by atoms with Crippen molar-refractivity contribution >= 4 is 20.8 Å². The van der Waals surface area contributed by atoms with Gasteiger partial charge in [-0.1, -0.05) is 36.4 Å². The fraction of sp³-hybridized carbons (Fsp3) is 0.231. The summed E-state index contributed by atoms with van der Waals surface area (Å²) in [6, 6.07) is 11.2. The van der Waals surface area contributed by atoms with Crippen LogP contribution < -0.4 is 0 Å². The molecule has 0 N–H and O–H groups in total. The van der Waals surface area contributed by atoms with E-state index in [1.165, 1.54) is 12.1 Å². The van der Waals surface area contributed by atoms with Crippen molar-refractivity contribution in [1.29, 1.82) is 0 Å². The summed E-state index contributed by atoms with van der Waals surface area (Å²) in [5, 5.41) is 1.07. The van der Waals surface area contributed by atoms with Crippen LogP contribution in [0.4, 0.5) is 13.2 Å². The molecule has 20 heavy (non-hydrogen) atoms. The Balaban J connectivity index is 2.52. The molecule has 0 saturated heterocycles. The van der Waals surface area contributed by atoms with Crippen molar-refractivity contribution in [3.8, 4) is 0 Å². The Morgan fingerprint density at radius 1 is 1.05 bits per heavy atom. The molecule has 2 aromatic rings. The minimum Gasteiger partial charge on any atom is -0.207 e. The molecule has 0 spiro atoms. The Kier molecular flexibility index (Phi) is 3.75. The third-order valence-electron chi connectivity index (χ3n) is 2.84. The van der Waals surface area contributed by atoms with Crippen LogP contribution in [-0.4, -0.2) is 32.5 Å². The summed E-state index contributed by atoms with van der Waals surface area (Å²) in [6.07, 6.45) is -4.58. The number of benzene rings is 2. The van der Waals surface area contributed by atoms with Gasteiger partial charge in [-0.25, -0.2) is 8.42 Å². The zero-order valence-corrected chi connectivity index (χ0v) is 11.4. The van der Waals surface area contributed by atoms with Gasteiger partial charge in [-0.2, -0.15) is 17.5 Å². The van der Waals surface area contributed by atoms with E-state index >= 15 is 0 Å². The van der Waals surface area contributed by atoms with Crippen molar-refractivity contribution < 1.29 is 21.6 Å². The van der Waals surface area contributed by atoms with Crippen molar-refractivity contribution in [3.05, 3.63) is 42.5 Å². The number of nitrogens with zero attached hydrogens (tertiary/aromatic N) is 1. The molecular formula is C13H12F3NO2S. The highest BCUT2D eigenvalue weighted by Crippen LogP contribution is 2.27. The molecule has 0 unspecified atom stereocenters. The highest BCUT2D eigenvalue weighted by molar-refractivity contribution is 7.89. The van der Waals surface area contributed by atoms with Gasteiger partial charge < -0.3 is 0 Å². The number of sulfonamides is 1. The molecule has 0 fully saturated rings. The second-order valence-corrected chi connectivity index (χ2v) is 6.37. The molecule has 0 aliphatic rings. The lowest BCUT2D eigenvalue weighted by atomic mass is 10.1. The Morgan fingerprint density at radius 3 is 2.30 bits per heavy atom. The summed E-state index contributed by atoms with van der Waals surface area (Å²) in [4.78, 5) is -0.123. The van der Waals surface area contributed by atoms with E-state index in [1.807, 2.05) is 0 Å². The summed E-state index contributed by atoms with van der Waals surface area (Å²) in [5.41, 5.74) is 0. The van der Waals surface area contributed by atoms with Gasteiger partial charge in [0, 0.05) is 12.4 Å². The van der Waals surface area contributed by atoms with Crippen molar-refractivity contribution in [3.63, 3.8) is 0 Å². The lowest BCUT2D eigenvalue weighted by Gasteiger charge is -2.19. The van der Waals surface area contributed by atoms with Crippen molar-refractivity contribution in [2.24, 2.45) is 0 Å². The highest BCUT2D eigenvalue weighted by Gasteiger charge is 2.35. The van der Waals surface area contributed by atoms with E-state index in [0.29, 0.717) is 15.1 Å². The minimum absolute atomic E-state index is 0.123. The molecule has 0 heterocycles. The maximum atomic E-state index is 12.4. The fourth-order valence-corrected chi connectivity index (χ4v) is 3.29. The quantitative estimate of drug-likeness (QED) is 0.874. The maximum Gasteiger partial charge on any atom is 0.402 e. The topological polar surface area (TPSA) is 37.4 Å². The van der Waals surface area contributed by atoms with E-state index in [-0.39, 0.29) is 4.90 Å². The minimum atomic E-state index is -4.58. The predicted molar refractivity (Wildman–Crippen MR) is 69.8 cm³/mol. The smallest absolute Gasteiger partial charge is 0.207 e. The monoisotopic (exact) mass is 303 g/mol. The van der Waals surface area contributed by atoms with Crippen molar-refractivity contribution in [1.82, 2.24) is 4.31 Å². The van der Waals surface area contributed by atoms with Crippen LogP contribution >= 0.6 is 0 Å². The molecule has 0 aromatic heterocycles. The van der Waals surface area contributed by atoms with Gasteiger partial charge in [0.2, 0.25) is 10.0 Å². The summed E-state index contributed by atoms with van der Waals surface area (Å²) in [5.74, 6) is 0. The Hall–Kier alpha value is -1.60. The number of fused-ring (bicyclic) bond motifs is 1. The van der Waals surface area contributed by atoms with Crippen LogP contribution in [0.1, 0.15) is 0 Å². The molecule has 2 rings (SSSR count). The lowest BCUT2D eigenvalue weighted by Crippen LogP contribution is -2.35. The molecule has 0 radical (unpaired) electrons. The third kappa shape index (κ3) is 2.94. The van der Waals surface area contributed by atoms with Gasteiger partial charge in [0.05, 0.1) is 4.90 Å². The predicted octanol–water partition coefficient (Wildman–Crippen LogP) is 3.02. The number of rotatable bonds is 3.